The summed E-state index contributed by atoms with van der Waals surface area (Å²) in [5.41, 5.74) is 6.98. The van der Waals surface area contributed by atoms with Crippen molar-refractivity contribution in [1.82, 2.24) is 9.38 Å². The van der Waals surface area contributed by atoms with Crippen LogP contribution < -0.4 is 10.6 Å². The highest BCUT2D eigenvalue weighted by molar-refractivity contribution is 7.15. The molecule has 2 N–H and O–H groups in total. The predicted molar refractivity (Wildman–Crippen MR) is 78.0 cm³/mol. The second kappa shape index (κ2) is 5.11. The number of hydrogen-bond donors (Lipinski definition) is 1. The largest absolute Gasteiger partial charge is 0.375 e. The summed E-state index contributed by atoms with van der Waals surface area (Å²) in [5.74, 6) is 1.08. The van der Waals surface area contributed by atoms with E-state index in [4.69, 9.17) is 15.5 Å². The Labute approximate surface area is 117 Å². The molecule has 2 unspecified atom stereocenters. The van der Waals surface area contributed by atoms with Gasteiger partial charge in [0.2, 0.25) is 0 Å². The molecule has 0 saturated carbocycles. The topological polar surface area (TPSA) is 55.8 Å². The van der Waals surface area contributed by atoms with Gasteiger partial charge in [0.15, 0.2) is 10.8 Å². The van der Waals surface area contributed by atoms with Crippen LogP contribution in [0.15, 0.2) is 11.6 Å². The molecule has 2 aromatic heterocycles. The van der Waals surface area contributed by atoms with Gasteiger partial charge in [-0.1, -0.05) is 0 Å². The average Bonchev–Trinajstić information content (AvgIpc) is 2.95. The molecule has 0 aliphatic carbocycles. The lowest BCUT2D eigenvalue weighted by molar-refractivity contribution is 0.0340. The van der Waals surface area contributed by atoms with E-state index in [1.165, 1.54) is 5.69 Å². The normalized spacial score (nSPS) is 24.3. The molecule has 2 aromatic rings. The highest BCUT2D eigenvalue weighted by Gasteiger charge is 2.28. The van der Waals surface area contributed by atoms with E-state index in [1.807, 2.05) is 0 Å². The minimum Gasteiger partial charge on any atom is -0.375 e. The average molecular weight is 280 g/mol. The lowest BCUT2D eigenvalue weighted by Gasteiger charge is -2.37. The fraction of sp³-hybridized carbons (Fsp3) is 0.615. The quantitative estimate of drug-likeness (QED) is 0.926. The van der Waals surface area contributed by atoms with Gasteiger partial charge in [0.25, 0.3) is 0 Å². The summed E-state index contributed by atoms with van der Waals surface area (Å²) in [6, 6.07) is 0.359. The molecule has 2 atom stereocenters. The van der Waals surface area contributed by atoms with Crippen LogP contribution in [0.5, 0.6) is 0 Å². The molecule has 5 nitrogen and oxygen atoms in total. The third kappa shape index (κ3) is 2.24. The standard InChI is InChI=1S/C13H20N4OS/c1-9-8-18-10(2)7-17(9)12-11(3-4-14)16-5-6-19-13(16)15-12/h5-6,9-10H,3-4,7-8,14H2,1-2H3. The van der Waals surface area contributed by atoms with E-state index in [0.29, 0.717) is 12.6 Å². The summed E-state index contributed by atoms with van der Waals surface area (Å²) < 4.78 is 7.87. The maximum Gasteiger partial charge on any atom is 0.195 e. The number of ether oxygens (including phenoxy) is 1. The monoisotopic (exact) mass is 280 g/mol. The number of nitrogens with two attached hydrogens (primary N) is 1. The summed E-state index contributed by atoms with van der Waals surface area (Å²) in [6.07, 6.45) is 3.18. The van der Waals surface area contributed by atoms with E-state index >= 15 is 0 Å². The number of morpholine rings is 1. The van der Waals surface area contributed by atoms with Crippen molar-refractivity contribution in [2.75, 3.05) is 24.6 Å². The van der Waals surface area contributed by atoms with Crippen molar-refractivity contribution < 1.29 is 4.74 Å². The van der Waals surface area contributed by atoms with Gasteiger partial charge in [-0.15, -0.1) is 11.3 Å². The van der Waals surface area contributed by atoms with Gasteiger partial charge < -0.3 is 15.4 Å². The third-order valence-electron chi connectivity index (χ3n) is 3.60. The third-order valence-corrected chi connectivity index (χ3v) is 4.36. The summed E-state index contributed by atoms with van der Waals surface area (Å²) >= 11 is 1.67. The molecule has 0 spiro atoms. The molecule has 0 amide bonds. The van der Waals surface area contributed by atoms with Crippen molar-refractivity contribution in [3.8, 4) is 0 Å². The van der Waals surface area contributed by atoms with Crippen LogP contribution in [0, 0.1) is 0 Å². The van der Waals surface area contributed by atoms with Gasteiger partial charge in [-0.05, 0) is 20.4 Å². The zero-order chi connectivity index (χ0) is 13.4. The Balaban J connectivity index is 2.02. The van der Waals surface area contributed by atoms with E-state index in [-0.39, 0.29) is 6.10 Å². The molecule has 1 aliphatic heterocycles. The molecule has 104 valence electrons. The number of rotatable bonds is 3. The molecular formula is C13H20N4OS. The van der Waals surface area contributed by atoms with Gasteiger partial charge >= 0.3 is 0 Å². The Hall–Kier alpha value is -1.11. The van der Waals surface area contributed by atoms with E-state index in [1.54, 1.807) is 11.3 Å². The zero-order valence-electron chi connectivity index (χ0n) is 11.4. The molecule has 0 bridgehead atoms. The van der Waals surface area contributed by atoms with Gasteiger partial charge in [0.1, 0.15) is 0 Å². The van der Waals surface area contributed by atoms with Gasteiger partial charge in [-0.2, -0.15) is 0 Å². The Kier molecular flexibility index (Phi) is 3.47. The Morgan fingerprint density at radius 3 is 3.16 bits per heavy atom. The highest BCUT2D eigenvalue weighted by atomic mass is 32.1. The van der Waals surface area contributed by atoms with Crippen LogP contribution in [0.2, 0.25) is 0 Å². The second-order valence-electron chi connectivity index (χ2n) is 5.12. The number of hydrogen-bond acceptors (Lipinski definition) is 5. The van der Waals surface area contributed by atoms with Crippen LogP contribution in [0.1, 0.15) is 19.5 Å². The van der Waals surface area contributed by atoms with Crippen molar-refractivity contribution >= 4 is 22.1 Å². The molecule has 1 saturated heterocycles. The smallest absolute Gasteiger partial charge is 0.195 e. The van der Waals surface area contributed by atoms with Crippen LogP contribution in [0.3, 0.4) is 0 Å². The van der Waals surface area contributed by atoms with Crippen LogP contribution in [-0.2, 0) is 11.2 Å². The number of nitrogens with zero attached hydrogens (tertiary/aromatic N) is 3. The van der Waals surface area contributed by atoms with E-state index in [2.05, 4.69) is 34.7 Å². The van der Waals surface area contributed by atoms with E-state index in [0.717, 1.165) is 30.4 Å². The number of thiazole rings is 1. The van der Waals surface area contributed by atoms with Crippen molar-refractivity contribution in [2.45, 2.75) is 32.4 Å². The first-order chi connectivity index (χ1) is 9.20. The maximum atomic E-state index is 5.76. The molecule has 3 rings (SSSR count). The van der Waals surface area contributed by atoms with Gasteiger partial charge in [-0.25, -0.2) is 4.98 Å². The summed E-state index contributed by atoms with van der Waals surface area (Å²) in [5, 5.41) is 2.07. The van der Waals surface area contributed by atoms with Crippen LogP contribution in [0.25, 0.3) is 4.96 Å². The molecular weight excluding hydrogens is 260 g/mol. The van der Waals surface area contributed by atoms with Crippen molar-refractivity contribution in [3.05, 3.63) is 17.3 Å². The van der Waals surface area contributed by atoms with Crippen LogP contribution in [-0.4, -0.2) is 41.2 Å². The van der Waals surface area contributed by atoms with Crippen LogP contribution >= 0.6 is 11.3 Å². The number of anilines is 1. The number of aromatic nitrogens is 2. The molecule has 1 aliphatic rings. The minimum atomic E-state index is 0.252. The molecule has 19 heavy (non-hydrogen) atoms. The Morgan fingerprint density at radius 2 is 2.37 bits per heavy atom. The molecule has 0 radical (unpaired) electrons. The maximum absolute atomic E-state index is 5.76. The van der Waals surface area contributed by atoms with Gasteiger partial charge in [0, 0.05) is 24.5 Å². The first-order valence-electron chi connectivity index (χ1n) is 6.73. The minimum absolute atomic E-state index is 0.252. The molecule has 3 heterocycles. The van der Waals surface area contributed by atoms with E-state index < -0.39 is 0 Å². The number of imidazole rings is 1. The van der Waals surface area contributed by atoms with E-state index in [9.17, 15) is 0 Å². The molecule has 0 aromatic carbocycles. The molecule has 1 fully saturated rings. The summed E-state index contributed by atoms with van der Waals surface area (Å²) in [4.78, 5) is 8.20. The molecule has 6 heteroatoms. The summed E-state index contributed by atoms with van der Waals surface area (Å²) in [7, 11) is 0. The second-order valence-corrected chi connectivity index (χ2v) is 5.99. The lowest BCUT2D eigenvalue weighted by atomic mass is 10.2. The summed E-state index contributed by atoms with van der Waals surface area (Å²) in [6.45, 7) is 6.59. The first kappa shape index (κ1) is 12.9. The lowest BCUT2D eigenvalue weighted by Crippen LogP contribution is -2.48. The predicted octanol–water partition coefficient (Wildman–Crippen LogP) is 1.51. The van der Waals surface area contributed by atoms with Gasteiger partial charge in [-0.3, -0.25) is 4.40 Å². The Bertz CT molecular complexity index is 564. The van der Waals surface area contributed by atoms with Crippen LogP contribution in [0.4, 0.5) is 5.82 Å². The SMILES string of the molecule is CC1CN(c2nc3sccn3c2CCN)C(C)CO1. The fourth-order valence-corrected chi connectivity index (χ4v) is 3.35. The van der Waals surface area contributed by atoms with Crippen molar-refractivity contribution in [1.29, 1.82) is 0 Å². The van der Waals surface area contributed by atoms with Crippen molar-refractivity contribution in [3.63, 3.8) is 0 Å². The van der Waals surface area contributed by atoms with Gasteiger partial charge in [0.05, 0.1) is 24.4 Å². The Morgan fingerprint density at radius 1 is 1.53 bits per heavy atom. The first-order valence-corrected chi connectivity index (χ1v) is 7.61. The zero-order valence-corrected chi connectivity index (χ0v) is 12.2. The number of fused-ring (bicyclic) bond motifs is 1. The highest BCUT2D eigenvalue weighted by Crippen LogP contribution is 2.28. The van der Waals surface area contributed by atoms with Crippen molar-refractivity contribution in [2.24, 2.45) is 5.73 Å². The fourth-order valence-electron chi connectivity index (χ4n) is 2.62.